The first-order valence-corrected chi connectivity index (χ1v) is 1.82. The van der Waals surface area contributed by atoms with Gasteiger partial charge in [0.2, 0.25) is 0 Å². The van der Waals surface area contributed by atoms with Gasteiger partial charge >= 0.3 is 0 Å². The van der Waals surface area contributed by atoms with Crippen LogP contribution in [-0.2, 0) is 0 Å². The number of hydrogen-bond acceptors (Lipinski definition) is 2. The molecule has 0 amide bonds. The molecule has 0 aliphatic heterocycles. The maximum Gasteiger partial charge on any atom is 0.250 e. The second-order valence-corrected chi connectivity index (χ2v) is 1.05. The summed E-state index contributed by atoms with van der Waals surface area (Å²) < 4.78 is 6.76. The van der Waals surface area contributed by atoms with Crippen molar-refractivity contribution in [3.63, 3.8) is 0 Å². The van der Waals surface area contributed by atoms with Gasteiger partial charge in [-0.05, 0) is 0 Å². The van der Waals surface area contributed by atoms with Gasteiger partial charge in [-0.2, -0.15) is 0 Å². The SMILES string of the molecule is [2H]n1cnccc1=O. The normalized spacial score (nSPS) is 10.6. The first kappa shape index (κ1) is 2.96. The van der Waals surface area contributed by atoms with Gasteiger partial charge in [0.1, 0.15) is 0 Å². The summed E-state index contributed by atoms with van der Waals surface area (Å²) in [4.78, 5) is 14.5. The molecule has 36 valence electrons. The Hall–Kier alpha value is -1.12. The van der Waals surface area contributed by atoms with E-state index < -0.39 is 0 Å². The Morgan fingerprint density at radius 2 is 2.86 bits per heavy atom. The zero-order valence-electron chi connectivity index (χ0n) is 4.53. The summed E-state index contributed by atoms with van der Waals surface area (Å²) in [5, 5.41) is 0. The molecule has 7 heavy (non-hydrogen) atoms. The lowest BCUT2D eigenvalue weighted by atomic mass is 10.7. The third-order valence-electron chi connectivity index (χ3n) is 0.555. The summed E-state index contributed by atoms with van der Waals surface area (Å²) in [6.07, 6.45) is 2.50. The number of rotatable bonds is 0. The molecule has 1 rings (SSSR count). The molecule has 0 saturated heterocycles. The molecule has 0 fully saturated rings. The van der Waals surface area contributed by atoms with Gasteiger partial charge in [0.15, 0.2) is 1.41 Å². The Labute approximate surface area is 41.5 Å². The highest BCUT2D eigenvalue weighted by atomic mass is 16.1. The van der Waals surface area contributed by atoms with Crippen molar-refractivity contribution in [2.24, 2.45) is 0 Å². The molecule has 3 nitrogen and oxygen atoms in total. The molecule has 3 heteroatoms. The highest BCUT2D eigenvalue weighted by Gasteiger charge is 1.70. The molecule has 0 aromatic carbocycles. The minimum atomic E-state index is -0.361. The van der Waals surface area contributed by atoms with Crippen LogP contribution in [0.4, 0.5) is 0 Å². The zero-order chi connectivity index (χ0) is 5.98. The van der Waals surface area contributed by atoms with Gasteiger partial charge < -0.3 is 4.98 Å². The first-order valence-electron chi connectivity index (χ1n) is 2.27. The van der Waals surface area contributed by atoms with Gasteiger partial charge in [0.05, 0.1) is 6.33 Å². The average molecular weight is 97.1 g/mol. The molecule has 0 unspecified atom stereocenters. The predicted molar refractivity (Wildman–Crippen MR) is 24.9 cm³/mol. The Kier molecular flexibility index (Phi) is 0.656. The van der Waals surface area contributed by atoms with Crippen LogP contribution in [0.2, 0.25) is 1.41 Å². The molecule has 0 radical (unpaired) electrons. The van der Waals surface area contributed by atoms with Crippen LogP contribution < -0.4 is 5.56 Å². The van der Waals surface area contributed by atoms with Gasteiger partial charge in [0.25, 0.3) is 5.56 Å². The van der Waals surface area contributed by atoms with Gasteiger partial charge in [-0.3, -0.25) is 4.79 Å². The van der Waals surface area contributed by atoms with Crippen LogP contribution >= 0.6 is 0 Å². The lowest BCUT2D eigenvalue weighted by Gasteiger charge is -1.73. The molecule has 0 bridgehead atoms. The van der Waals surface area contributed by atoms with E-state index in [0.29, 0.717) is 4.98 Å². The summed E-state index contributed by atoms with van der Waals surface area (Å²) in [6.45, 7) is 0. The van der Waals surface area contributed by atoms with E-state index in [-0.39, 0.29) is 5.56 Å². The number of H-pyrrole nitrogens is 1. The van der Waals surface area contributed by atoms with Crippen molar-refractivity contribution in [1.82, 2.24) is 9.96 Å². The van der Waals surface area contributed by atoms with Gasteiger partial charge in [-0.1, -0.05) is 0 Å². The van der Waals surface area contributed by atoms with E-state index in [2.05, 4.69) is 4.98 Å². The van der Waals surface area contributed by atoms with Crippen molar-refractivity contribution < 1.29 is 1.41 Å². The Balaban J connectivity index is 3.35. The van der Waals surface area contributed by atoms with Crippen LogP contribution in [0.1, 0.15) is 0 Å². The third-order valence-corrected chi connectivity index (χ3v) is 0.555. The maximum atomic E-state index is 10.4. The molecular formula is C4H4N2O. The smallest absolute Gasteiger partial charge is 0.250 e. The minimum absolute atomic E-state index is 0.361. The second kappa shape index (κ2) is 1.55. The van der Waals surface area contributed by atoms with E-state index in [0.717, 1.165) is 6.33 Å². The number of nitrogens with one attached hydrogen (secondary N) is 1. The molecule has 1 aromatic rings. The van der Waals surface area contributed by atoms with E-state index in [1.54, 1.807) is 0 Å². The molecule has 1 N–H and O–H groups in total. The predicted octanol–water partition coefficient (Wildman–Crippen LogP) is -0.230. The summed E-state index contributed by atoms with van der Waals surface area (Å²) in [5.41, 5.74) is -0.361. The van der Waals surface area contributed by atoms with E-state index >= 15 is 0 Å². The number of nitrogens with zero attached hydrogens (tertiary/aromatic N) is 1. The minimum Gasteiger partial charge on any atom is -0.313 e. The largest absolute Gasteiger partial charge is 0.313 e. The fraction of sp³-hybridized carbons (Fsp3) is 0. The number of hydrogen-bond donors (Lipinski definition) is 1. The highest BCUT2D eigenvalue weighted by molar-refractivity contribution is 4.76. The highest BCUT2D eigenvalue weighted by Crippen LogP contribution is 1.57. The lowest BCUT2D eigenvalue weighted by molar-refractivity contribution is 1.12. The van der Waals surface area contributed by atoms with Crippen molar-refractivity contribution in [1.29, 1.82) is 0 Å². The number of aromatic amines is 1. The summed E-state index contributed by atoms with van der Waals surface area (Å²) in [6, 6.07) is 1.23. The van der Waals surface area contributed by atoms with Crippen LogP contribution in [-0.4, -0.2) is 9.96 Å². The summed E-state index contributed by atoms with van der Waals surface area (Å²) in [7, 11) is 0. The molecule has 0 aliphatic carbocycles. The fourth-order valence-electron chi connectivity index (χ4n) is 0.279. The van der Waals surface area contributed by atoms with Crippen molar-refractivity contribution in [3.8, 4) is 0 Å². The molecular weight excluding hydrogens is 92.1 g/mol. The maximum absolute atomic E-state index is 10.4. The van der Waals surface area contributed by atoms with E-state index in [1.165, 1.54) is 12.3 Å². The second-order valence-electron chi connectivity index (χ2n) is 1.05. The molecule has 0 spiro atoms. The standard InChI is InChI=1S/C4H4N2O/c7-4-1-2-5-3-6-4/h1-3H,(H,5,6,7)/i/hD. The lowest BCUT2D eigenvalue weighted by Crippen LogP contribution is -2.00. The summed E-state index contributed by atoms with van der Waals surface area (Å²) >= 11 is 0. The van der Waals surface area contributed by atoms with Crippen molar-refractivity contribution in [2.45, 2.75) is 0 Å². The third kappa shape index (κ3) is 0.855. The van der Waals surface area contributed by atoms with Crippen LogP contribution in [0.15, 0.2) is 23.4 Å². The molecule has 0 atom stereocenters. The van der Waals surface area contributed by atoms with Crippen LogP contribution in [0.25, 0.3) is 0 Å². The zero-order valence-corrected chi connectivity index (χ0v) is 3.53. The van der Waals surface area contributed by atoms with E-state index in [1.807, 2.05) is 0 Å². The van der Waals surface area contributed by atoms with E-state index in [9.17, 15) is 4.79 Å². The van der Waals surface area contributed by atoms with Crippen molar-refractivity contribution >= 4 is 0 Å². The van der Waals surface area contributed by atoms with Crippen molar-refractivity contribution in [3.05, 3.63) is 28.9 Å². The van der Waals surface area contributed by atoms with Crippen LogP contribution in [0.3, 0.4) is 0 Å². The molecule has 0 aliphatic rings. The van der Waals surface area contributed by atoms with Crippen LogP contribution in [0, 0.1) is 0 Å². The molecule has 1 aromatic heterocycles. The van der Waals surface area contributed by atoms with Crippen molar-refractivity contribution in [2.75, 3.05) is 0 Å². The quantitative estimate of drug-likeness (QED) is 0.486. The monoisotopic (exact) mass is 97.0 g/mol. The topological polar surface area (TPSA) is 45.8 Å². The summed E-state index contributed by atoms with van der Waals surface area (Å²) in [5.74, 6) is 0. The Morgan fingerprint density at radius 1 is 2.00 bits per heavy atom. The Morgan fingerprint density at radius 3 is 3.29 bits per heavy atom. The molecule has 0 saturated carbocycles. The van der Waals surface area contributed by atoms with Gasteiger partial charge in [-0.25, -0.2) is 4.98 Å². The number of aromatic nitrogens is 2. The fourth-order valence-corrected chi connectivity index (χ4v) is 0.279. The average Bonchev–Trinajstić information content (AvgIpc) is 1.77. The van der Waals surface area contributed by atoms with Gasteiger partial charge in [-0.15, -0.1) is 0 Å². The Bertz CT molecular complexity index is 231. The first-order chi connectivity index (χ1) is 3.80. The van der Waals surface area contributed by atoms with Crippen LogP contribution in [0.5, 0.6) is 0 Å². The molecule has 1 heterocycles. The van der Waals surface area contributed by atoms with Gasteiger partial charge in [0, 0.05) is 12.3 Å². The van der Waals surface area contributed by atoms with E-state index in [4.69, 9.17) is 1.41 Å².